The zero-order valence-corrected chi connectivity index (χ0v) is 73.3. The number of rotatable bonds is 86. The van der Waals surface area contributed by atoms with Gasteiger partial charge >= 0.3 is 39.5 Å². The molecule has 0 aromatic rings. The first kappa shape index (κ1) is 106. The van der Waals surface area contributed by atoms with Gasteiger partial charge in [0.15, 0.2) is 12.2 Å². The van der Waals surface area contributed by atoms with Crippen LogP contribution in [0.2, 0.25) is 0 Å². The number of ether oxygens (including phenoxy) is 4. The van der Waals surface area contributed by atoms with E-state index in [4.69, 9.17) is 37.0 Å². The number of aliphatic hydroxyl groups is 1. The third kappa shape index (κ3) is 82.1. The molecule has 0 aromatic heterocycles. The molecule has 642 valence electrons. The summed E-state index contributed by atoms with van der Waals surface area (Å²) in [5, 5.41) is 10.7. The Balaban J connectivity index is 5.23. The molecule has 0 radical (unpaired) electrons. The van der Waals surface area contributed by atoms with Crippen molar-refractivity contribution in [3.05, 3.63) is 0 Å². The topological polar surface area (TPSA) is 237 Å². The standard InChI is InChI=1S/C89H174O17P2/c1-79(2)65-57-49-41-34-28-22-16-11-9-10-12-20-26-32-38-46-55-63-71-88(93)105-84(75-99-86(91)69-61-53-45-37-31-25-19-14-13-17-23-29-35-42-50-58-66-80(3)4)77-103-107(95,96)101-73-83(90)74-102-108(97,98)104-78-85(76-100-87(92)70-62-54-48-40-44-52-60-68-82(7)8)106-89(94)72-64-56-47-39-33-27-21-15-18-24-30-36-43-51-59-67-81(5)6/h79-85,90H,9-78H2,1-8H3,(H,95,96)(H,97,98)/t83?,84-,85-/m1/s1. The zero-order chi connectivity index (χ0) is 79.5. The van der Waals surface area contributed by atoms with Crippen molar-refractivity contribution in [3.8, 4) is 0 Å². The van der Waals surface area contributed by atoms with E-state index in [0.29, 0.717) is 31.6 Å². The lowest BCUT2D eigenvalue weighted by atomic mass is 10.0. The molecule has 0 aliphatic heterocycles. The summed E-state index contributed by atoms with van der Waals surface area (Å²) in [6.45, 7) is 14.3. The Labute approximate surface area is 664 Å². The second-order valence-electron chi connectivity index (χ2n) is 33.9. The molecule has 108 heavy (non-hydrogen) atoms. The first-order valence-electron chi connectivity index (χ1n) is 45.7. The van der Waals surface area contributed by atoms with E-state index >= 15 is 0 Å². The maximum absolute atomic E-state index is 13.2. The van der Waals surface area contributed by atoms with E-state index in [-0.39, 0.29) is 25.7 Å². The van der Waals surface area contributed by atoms with Crippen molar-refractivity contribution in [1.82, 2.24) is 0 Å². The molecule has 0 aliphatic carbocycles. The van der Waals surface area contributed by atoms with Gasteiger partial charge in [-0.3, -0.25) is 37.3 Å². The number of carbonyl (C=O) groups excluding carboxylic acids is 4. The van der Waals surface area contributed by atoms with Crippen molar-refractivity contribution in [3.63, 3.8) is 0 Å². The third-order valence-corrected chi connectivity index (χ3v) is 22.7. The number of phosphoric ester groups is 2. The van der Waals surface area contributed by atoms with Gasteiger partial charge < -0.3 is 33.8 Å². The Hall–Kier alpha value is -1.94. The Bertz CT molecular complexity index is 2090. The fraction of sp³-hybridized carbons (Fsp3) is 0.955. The third-order valence-electron chi connectivity index (χ3n) is 20.8. The highest BCUT2D eigenvalue weighted by Crippen LogP contribution is 2.45. The van der Waals surface area contributed by atoms with Gasteiger partial charge in [-0.2, -0.15) is 0 Å². The highest BCUT2D eigenvalue weighted by molar-refractivity contribution is 7.47. The monoisotopic (exact) mass is 1580 g/mol. The molecule has 17 nitrogen and oxygen atoms in total. The maximum atomic E-state index is 13.2. The van der Waals surface area contributed by atoms with Gasteiger partial charge in [-0.05, 0) is 49.4 Å². The van der Waals surface area contributed by atoms with Crippen molar-refractivity contribution in [1.29, 1.82) is 0 Å². The van der Waals surface area contributed by atoms with Crippen LogP contribution < -0.4 is 0 Å². The molecule has 0 heterocycles. The Morgan fingerprint density at radius 2 is 0.389 bits per heavy atom. The lowest BCUT2D eigenvalue weighted by Gasteiger charge is -2.21. The Kier molecular flexibility index (Phi) is 76.2. The van der Waals surface area contributed by atoms with Crippen LogP contribution in [0.1, 0.15) is 466 Å². The molecule has 3 N–H and O–H groups in total. The summed E-state index contributed by atoms with van der Waals surface area (Å²) in [4.78, 5) is 73.3. The van der Waals surface area contributed by atoms with Gasteiger partial charge in [-0.15, -0.1) is 0 Å². The molecule has 0 rings (SSSR count). The highest BCUT2D eigenvalue weighted by Gasteiger charge is 2.31. The first-order valence-corrected chi connectivity index (χ1v) is 48.7. The van der Waals surface area contributed by atoms with Crippen molar-refractivity contribution < 1.29 is 80.2 Å². The average molecular weight is 1580 g/mol. The average Bonchev–Trinajstić information content (AvgIpc) is 0.900. The van der Waals surface area contributed by atoms with Crippen LogP contribution in [0.5, 0.6) is 0 Å². The van der Waals surface area contributed by atoms with Crippen LogP contribution in [0.25, 0.3) is 0 Å². The van der Waals surface area contributed by atoms with E-state index < -0.39 is 97.5 Å². The summed E-state index contributed by atoms with van der Waals surface area (Å²) in [5.74, 6) is 1.04. The maximum Gasteiger partial charge on any atom is 0.472 e. The molecule has 0 saturated carbocycles. The summed E-state index contributed by atoms with van der Waals surface area (Å²) < 4.78 is 69.0. The lowest BCUT2D eigenvalue weighted by Crippen LogP contribution is -2.30. The van der Waals surface area contributed by atoms with Gasteiger partial charge in [-0.1, -0.05) is 415 Å². The number of carbonyl (C=O) groups is 4. The van der Waals surface area contributed by atoms with E-state index in [2.05, 4.69) is 55.4 Å². The largest absolute Gasteiger partial charge is 0.472 e. The Morgan fingerprint density at radius 3 is 0.574 bits per heavy atom. The summed E-state index contributed by atoms with van der Waals surface area (Å²) in [6.07, 6.45) is 68.2. The molecule has 0 spiro atoms. The number of unbranched alkanes of at least 4 members (excludes halogenated alkanes) is 52. The normalized spacial score (nSPS) is 13.9. The van der Waals surface area contributed by atoms with Gasteiger partial charge in [0.25, 0.3) is 0 Å². The molecule has 0 bridgehead atoms. The predicted octanol–water partition coefficient (Wildman–Crippen LogP) is 27.1. The number of phosphoric acid groups is 2. The number of esters is 4. The van der Waals surface area contributed by atoms with Crippen LogP contribution >= 0.6 is 15.6 Å². The van der Waals surface area contributed by atoms with Gasteiger partial charge in [0.2, 0.25) is 0 Å². The molecule has 0 aliphatic rings. The van der Waals surface area contributed by atoms with E-state index in [1.165, 1.54) is 263 Å². The second-order valence-corrected chi connectivity index (χ2v) is 36.8. The molecule has 0 saturated heterocycles. The number of hydrogen-bond acceptors (Lipinski definition) is 15. The van der Waals surface area contributed by atoms with Crippen LogP contribution in [0.15, 0.2) is 0 Å². The fourth-order valence-corrected chi connectivity index (χ4v) is 15.4. The van der Waals surface area contributed by atoms with Crippen LogP contribution in [0.4, 0.5) is 0 Å². The van der Waals surface area contributed by atoms with E-state index in [0.717, 1.165) is 114 Å². The van der Waals surface area contributed by atoms with Crippen LogP contribution in [-0.2, 0) is 65.4 Å². The molecule has 3 unspecified atom stereocenters. The lowest BCUT2D eigenvalue weighted by molar-refractivity contribution is -0.161. The molecule has 0 fully saturated rings. The van der Waals surface area contributed by atoms with E-state index in [1.807, 2.05) is 0 Å². The molecule has 19 heteroatoms. The molecule has 5 atom stereocenters. The molecular formula is C89H174O17P2. The van der Waals surface area contributed by atoms with E-state index in [1.54, 1.807) is 0 Å². The zero-order valence-electron chi connectivity index (χ0n) is 71.5. The first-order chi connectivity index (χ1) is 52.1. The quantitative estimate of drug-likeness (QED) is 0.0222. The van der Waals surface area contributed by atoms with Crippen LogP contribution in [0.3, 0.4) is 0 Å². The van der Waals surface area contributed by atoms with Crippen molar-refractivity contribution in [2.24, 2.45) is 23.7 Å². The highest BCUT2D eigenvalue weighted by atomic mass is 31.2. The smallest absolute Gasteiger partial charge is 0.462 e. The minimum Gasteiger partial charge on any atom is -0.462 e. The minimum atomic E-state index is -4.97. The van der Waals surface area contributed by atoms with Gasteiger partial charge in [0.1, 0.15) is 19.3 Å². The SMILES string of the molecule is CC(C)CCCCCCCCCCCCCCCCCCCCC(=O)O[C@H](COC(=O)CCCCCCCCCCCCCCCCCCC(C)C)COP(=O)(O)OCC(O)COP(=O)(O)OC[C@@H](COC(=O)CCCCCCCCCC(C)C)OC(=O)CCCCCCCCCCCCCCCCCC(C)C. The van der Waals surface area contributed by atoms with Crippen LogP contribution in [-0.4, -0.2) is 96.7 Å². The number of hydrogen-bond donors (Lipinski definition) is 3. The van der Waals surface area contributed by atoms with Gasteiger partial charge in [-0.25, -0.2) is 9.13 Å². The molecule has 0 amide bonds. The Morgan fingerprint density at radius 1 is 0.231 bits per heavy atom. The second kappa shape index (κ2) is 77.6. The summed E-state index contributed by atoms with van der Waals surface area (Å²) in [6, 6.07) is 0. The van der Waals surface area contributed by atoms with Crippen molar-refractivity contribution >= 4 is 39.5 Å². The molecule has 0 aromatic carbocycles. The van der Waals surface area contributed by atoms with Crippen molar-refractivity contribution in [2.45, 2.75) is 485 Å². The van der Waals surface area contributed by atoms with Crippen molar-refractivity contribution in [2.75, 3.05) is 39.6 Å². The van der Waals surface area contributed by atoms with Gasteiger partial charge in [0.05, 0.1) is 26.4 Å². The number of aliphatic hydroxyl groups excluding tert-OH is 1. The summed E-state index contributed by atoms with van der Waals surface area (Å²) in [5.41, 5.74) is 0. The van der Waals surface area contributed by atoms with Crippen LogP contribution in [0, 0.1) is 23.7 Å². The summed E-state index contributed by atoms with van der Waals surface area (Å²) >= 11 is 0. The fourth-order valence-electron chi connectivity index (χ4n) is 13.8. The summed E-state index contributed by atoms with van der Waals surface area (Å²) in [7, 11) is -9.93. The van der Waals surface area contributed by atoms with Gasteiger partial charge in [0, 0.05) is 25.7 Å². The molecular weight excluding hydrogens is 1400 g/mol. The minimum absolute atomic E-state index is 0.107. The van der Waals surface area contributed by atoms with E-state index in [9.17, 15) is 43.2 Å². The predicted molar refractivity (Wildman–Crippen MR) is 446 cm³/mol.